The number of halogens is 1. The van der Waals surface area contributed by atoms with Crippen molar-refractivity contribution in [3.63, 3.8) is 0 Å². The van der Waals surface area contributed by atoms with Crippen molar-refractivity contribution >= 4 is 27.7 Å². The highest BCUT2D eigenvalue weighted by molar-refractivity contribution is 9.10. The van der Waals surface area contributed by atoms with Crippen molar-refractivity contribution in [1.82, 2.24) is 9.97 Å². The molecule has 2 aromatic carbocycles. The van der Waals surface area contributed by atoms with E-state index in [0.717, 1.165) is 15.9 Å². The summed E-state index contributed by atoms with van der Waals surface area (Å²) in [6.07, 6.45) is 3.39. The van der Waals surface area contributed by atoms with Gasteiger partial charge in [0.1, 0.15) is 5.82 Å². The van der Waals surface area contributed by atoms with Crippen LogP contribution in [0.3, 0.4) is 0 Å². The third-order valence-electron chi connectivity index (χ3n) is 3.39. The molecule has 0 aliphatic rings. The van der Waals surface area contributed by atoms with Crippen LogP contribution < -0.4 is 0 Å². The second-order valence-electron chi connectivity index (χ2n) is 5.02. The van der Waals surface area contributed by atoms with E-state index in [0.29, 0.717) is 11.1 Å². The van der Waals surface area contributed by atoms with Gasteiger partial charge in [0.2, 0.25) is 0 Å². The Bertz CT molecular complexity index is 841. The van der Waals surface area contributed by atoms with Crippen LogP contribution in [0, 0.1) is 0 Å². The highest BCUT2D eigenvalue weighted by Crippen LogP contribution is 2.16. The van der Waals surface area contributed by atoms with E-state index in [-0.39, 0.29) is 12.4 Å². The molecule has 0 radical (unpaired) electrons. The average molecular weight is 385 g/mol. The van der Waals surface area contributed by atoms with Crippen LogP contribution in [0.25, 0.3) is 11.4 Å². The molecule has 0 unspecified atom stereocenters. The number of nitrogens with one attached hydrogen (secondary N) is 1. The summed E-state index contributed by atoms with van der Waals surface area (Å²) in [6, 6.07) is 13.7. The van der Waals surface area contributed by atoms with Gasteiger partial charge in [-0.15, -0.1) is 0 Å². The molecular formula is C18H13BrN2O3. The number of ether oxygens (including phenoxy) is 1. The molecule has 24 heavy (non-hydrogen) atoms. The van der Waals surface area contributed by atoms with Crippen molar-refractivity contribution in [2.75, 3.05) is 6.61 Å². The summed E-state index contributed by atoms with van der Waals surface area (Å²) in [4.78, 5) is 31.2. The Hall–Kier alpha value is -2.73. The third-order valence-corrected chi connectivity index (χ3v) is 3.92. The Morgan fingerprint density at radius 2 is 1.67 bits per heavy atom. The molecule has 0 aliphatic heterocycles. The molecular weight excluding hydrogens is 372 g/mol. The number of aromatic nitrogens is 2. The van der Waals surface area contributed by atoms with E-state index in [1.54, 1.807) is 60.9 Å². The summed E-state index contributed by atoms with van der Waals surface area (Å²) in [7, 11) is 0. The maximum atomic E-state index is 12.0. The summed E-state index contributed by atoms with van der Waals surface area (Å²) >= 11 is 3.30. The number of esters is 1. The fourth-order valence-electron chi connectivity index (χ4n) is 2.12. The largest absolute Gasteiger partial charge is 0.454 e. The standard InChI is InChI=1S/C18H13BrN2O3/c19-15-7-5-12(6-8-15)16(22)11-24-18(23)14-3-1-13(2-4-14)17-20-9-10-21-17/h1-10H,11H2,(H,20,21). The van der Waals surface area contributed by atoms with Gasteiger partial charge in [-0.1, -0.05) is 40.2 Å². The predicted molar refractivity (Wildman–Crippen MR) is 92.8 cm³/mol. The number of benzene rings is 2. The Morgan fingerprint density at radius 1 is 1.00 bits per heavy atom. The zero-order chi connectivity index (χ0) is 16.9. The molecule has 1 heterocycles. The second-order valence-corrected chi connectivity index (χ2v) is 5.94. The van der Waals surface area contributed by atoms with Crippen LogP contribution in [0.4, 0.5) is 0 Å². The van der Waals surface area contributed by atoms with Crippen LogP contribution in [-0.4, -0.2) is 28.3 Å². The van der Waals surface area contributed by atoms with Crippen molar-refractivity contribution in [2.24, 2.45) is 0 Å². The number of hydrogen-bond donors (Lipinski definition) is 1. The van der Waals surface area contributed by atoms with Crippen LogP contribution in [0.2, 0.25) is 0 Å². The minimum absolute atomic E-state index is 0.247. The number of Topliss-reactive ketones (excluding diaryl/α,β-unsaturated/α-hetero) is 1. The van der Waals surface area contributed by atoms with Gasteiger partial charge >= 0.3 is 5.97 Å². The van der Waals surface area contributed by atoms with Gasteiger partial charge in [0.15, 0.2) is 12.4 Å². The van der Waals surface area contributed by atoms with Crippen molar-refractivity contribution in [2.45, 2.75) is 0 Å². The summed E-state index contributed by atoms with van der Waals surface area (Å²) in [5, 5.41) is 0. The Labute approximate surface area is 146 Å². The normalized spacial score (nSPS) is 10.4. The van der Waals surface area contributed by atoms with Gasteiger partial charge in [0.25, 0.3) is 0 Å². The van der Waals surface area contributed by atoms with Crippen molar-refractivity contribution in [3.05, 3.63) is 76.5 Å². The number of carbonyl (C=O) groups is 2. The molecule has 1 N–H and O–H groups in total. The lowest BCUT2D eigenvalue weighted by Gasteiger charge is -2.05. The minimum Gasteiger partial charge on any atom is -0.454 e. The topological polar surface area (TPSA) is 72.1 Å². The number of rotatable bonds is 5. The number of hydrogen-bond acceptors (Lipinski definition) is 4. The molecule has 0 spiro atoms. The Kier molecular flexibility index (Phi) is 4.86. The van der Waals surface area contributed by atoms with Crippen LogP contribution in [0.1, 0.15) is 20.7 Å². The molecule has 5 nitrogen and oxygen atoms in total. The molecule has 0 amide bonds. The summed E-state index contributed by atoms with van der Waals surface area (Å²) in [5.41, 5.74) is 1.75. The molecule has 0 atom stereocenters. The maximum absolute atomic E-state index is 12.0. The lowest BCUT2D eigenvalue weighted by molar-refractivity contribution is 0.0475. The molecule has 0 saturated carbocycles. The molecule has 0 bridgehead atoms. The maximum Gasteiger partial charge on any atom is 0.338 e. The van der Waals surface area contributed by atoms with Crippen molar-refractivity contribution in [3.8, 4) is 11.4 Å². The van der Waals surface area contributed by atoms with Gasteiger partial charge in [-0.3, -0.25) is 4.79 Å². The van der Waals surface area contributed by atoms with E-state index in [1.807, 2.05) is 0 Å². The van der Waals surface area contributed by atoms with Gasteiger partial charge in [-0.2, -0.15) is 0 Å². The van der Waals surface area contributed by atoms with Crippen LogP contribution in [0.5, 0.6) is 0 Å². The first-order chi connectivity index (χ1) is 11.6. The van der Waals surface area contributed by atoms with E-state index < -0.39 is 5.97 Å². The van der Waals surface area contributed by atoms with Gasteiger partial charge in [-0.05, 0) is 24.3 Å². The fourth-order valence-corrected chi connectivity index (χ4v) is 2.39. The minimum atomic E-state index is -0.536. The first-order valence-electron chi connectivity index (χ1n) is 7.19. The quantitative estimate of drug-likeness (QED) is 0.535. The van der Waals surface area contributed by atoms with Crippen LogP contribution in [-0.2, 0) is 4.74 Å². The number of ketones is 1. The summed E-state index contributed by atoms with van der Waals surface area (Å²) in [6.45, 7) is -0.291. The van der Waals surface area contributed by atoms with E-state index >= 15 is 0 Å². The Morgan fingerprint density at radius 3 is 2.29 bits per heavy atom. The van der Waals surface area contributed by atoms with E-state index in [9.17, 15) is 9.59 Å². The lowest BCUT2D eigenvalue weighted by Crippen LogP contribution is -2.14. The summed E-state index contributed by atoms with van der Waals surface area (Å²) < 4.78 is 5.96. The van der Waals surface area contributed by atoms with Gasteiger partial charge < -0.3 is 9.72 Å². The first-order valence-corrected chi connectivity index (χ1v) is 7.98. The number of nitrogens with zero attached hydrogens (tertiary/aromatic N) is 1. The van der Waals surface area contributed by atoms with Gasteiger partial charge in [0, 0.05) is 28.0 Å². The second kappa shape index (κ2) is 7.23. The summed E-state index contributed by atoms with van der Waals surface area (Å²) in [5.74, 6) is -0.0603. The molecule has 6 heteroatoms. The molecule has 1 aromatic heterocycles. The Balaban J connectivity index is 1.60. The fraction of sp³-hybridized carbons (Fsp3) is 0.0556. The van der Waals surface area contributed by atoms with Crippen LogP contribution in [0.15, 0.2) is 65.4 Å². The molecule has 120 valence electrons. The zero-order valence-electron chi connectivity index (χ0n) is 12.5. The zero-order valence-corrected chi connectivity index (χ0v) is 14.1. The molecule has 0 saturated heterocycles. The highest BCUT2D eigenvalue weighted by Gasteiger charge is 2.12. The molecule has 3 aromatic rings. The monoisotopic (exact) mass is 384 g/mol. The van der Waals surface area contributed by atoms with Crippen molar-refractivity contribution in [1.29, 1.82) is 0 Å². The van der Waals surface area contributed by atoms with E-state index in [2.05, 4.69) is 25.9 Å². The number of H-pyrrole nitrogens is 1. The van der Waals surface area contributed by atoms with E-state index in [1.165, 1.54) is 0 Å². The molecule has 0 fully saturated rings. The average Bonchev–Trinajstić information content (AvgIpc) is 3.15. The van der Waals surface area contributed by atoms with Gasteiger partial charge in [0.05, 0.1) is 5.56 Å². The lowest BCUT2D eigenvalue weighted by atomic mass is 10.1. The highest BCUT2D eigenvalue weighted by atomic mass is 79.9. The van der Waals surface area contributed by atoms with Crippen molar-refractivity contribution < 1.29 is 14.3 Å². The molecule has 0 aliphatic carbocycles. The number of carbonyl (C=O) groups excluding carboxylic acids is 2. The SMILES string of the molecule is O=C(COC(=O)c1ccc(-c2ncc[nH]2)cc1)c1ccc(Br)cc1. The first kappa shape index (κ1) is 16.1. The molecule has 3 rings (SSSR count). The third kappa shape index (κ3) is 3.78. The van der Waals surface area contributed by atoms with Gasteiger partial charge in [-0.25, -0.2) is 9.78 Å². The van der Waals surface area contributed by atoms with E-state index in [4.69, 9.17) is 4.74 Å². The number of imidazole rings is 1. The predicted octanol–water partition coefficient (Wildman–Crippen LogP) is 3.88. The van der Waals surface area contributed by atoms with Crippen LogP contribution >= 0.6 is 15.9 Å². The smallest absolute Gasteiger partial charge is 0.338 e. The number of aromatic amines is 1.